The zero-order valence-corrected chi connectivity index (χ0v) is 19.3. The number of fused-ring (bicyclic) bond motifs is 2. The summed E-state index contributed by atoms with van der Waals surface area (Å²) in [6, 6.07) is 10.6. The number of nitrogens with two attached hydrogens (primary N) is 2. The first-order valence-corrected chi connectivity index (χ1v) is 11.7. The van der Waals surface area contributed by atoms with Crippen molar-refractivity contribution in [2.24, 2.45) is 11.1 Å². The lowest BCUT2D eigenvalue weighted by atomic mass is 9.73. The largest absolute Gasteiger partial charge is 0.382 e. The van der Waals surface area contributed by atoms with E-state index >= 15 is 0 Å². The number of benzene rings is 1. The Morgan fingerprint density at radius 2 is 1.88 bits per heavy atom. The standard InChI is InChI=1S/C25H26ClN7/c1-15-19(18-6-9-29-22(28)20(18)26)23-30-10-13-33(23)24(31-15)32-11-7-25(8-12-32)14-16-4-2-3-5-17(16)21(25)27/h2-6,9-10,13,21H,7-8,11-12,14,27H2,1H3,(H2,28,29). The summed E-state index contributed by atoms with van der Waals surface area (Å²) in [5.41, 5.74) is 18.9. The van der Waals surface area contributed by atoms with Gasteiger partial charge in [-0.3, -0.25) is 4.40 Å². The van der Waals surface area contributed by atoms with Gasteiger partial charge in [-0.15, -0.1) is 0 Å². The molecular weight excluding hydrogens is 434 g/mol. The first kappa shape index (κ1) is 20.4. The van der Waals surface area contributed by atoms with Crippen LogP contribution >= 0.6 is 11.6 Å². The van der Waals surface area contributed by atoms with Crippen molar-refractivity contribution >= 4 is 29.0 Å². The summed E-state index contributed by atoms with van der Waals surface area (Å²) in [5.74, 6) is 1.21. The lowest BCUT2D eigenvalue weighted by molar-refractivity contribution is 0.187. The Kier molecular flexibility index (Phi) is 4.61. The molecule has 0 saturated carbocycles. The number of pyridine rings is 1. The second-order valence-corrected chi connectivity index (χ2v) is 9.63. The number of piperidine rings is 1. The minimum absolute atomic E-state index is 0.0977. The summed E-state index contributed by atoms with van der Waals surface area (Å²) in [6.45, 7) is 3.81. The van der Waals surface area contributed by atoms with Crippen LogP contribution in [0.5, 0.6) is 0 Å². The lowest BCUT2D eigenvalue weighted by Gasteiger charge is -2.42. The maximum absolute atomic E-state index is 6.77. The van der Waals surface area contributed by atoms with E-state index in [4.69, 9.17) is 28.1 Å². The van der Waals surface area contributed by atoms with Gasteiger partial charge in [0.2, 0.25) is 5.95 Å². The maximum Gasteiger partial charge on any atom is 0.211 e. The van der Waals surface area contributed by atoms with Gasteiger partial charge in [0, 0.05) is 48.8 Å². The summed E-state index contributed by atoms with van der Waals surface area (Å²) in [7, 11) is 0. The van der Waals surface area contributed by atoms with Gasteiger partial charge < -0.3 is 16.4 Å². The van der Waals surface area contributed by atoms with Crippen molar-refractivity contribution in [3.63, 3.8) is 0 Å². The van der Waals surface area contributed by atoms with Crippen LogP contribution in [0.25, 0.3) is 16.8 Å². The molecule has 0 amide bonds. The fraction of sp³-hybridized carbons (Fsp3) is 0.320. The summed E-state index contributed by atoms with van der Waals surface area (Å²) in [6.07, 6.45) is 8.56. The predicted molar refractivity (Wildman–Crippen MR) is 131 cm³/mol. The van der Waals surface area contributed by atoms with E-state index in [9.17, 15) is 0 Å². The molecule has 4 heterocycles. The first-order chi connectivity index (χ1) is 16.0. The van der Waals surface area contributed by atoms with E-state index in [0.29, 0.717) is 10.8 Å². The van der Waals surface area contributed by atoms with Crippen molar-refractivity contribution in [1.29, 1.82) is 0 Å². The van der Waals surface area contributed by atoms with Gasteiger partial charge in [0.1, 0.15) is 11.5 Å². The monoisotopic (exact) mass is 459 g/mol. The topological polar surface area (TPSA) is 98.4 Å². The van der Waals surface area contributed by atoms with E-state index in [-0.39, 0.29) is 11.5 Å². The Bertz CT molecular complexity index is 1370. The number of halogens is 1. The molecule has 1 aliphatic heterocycles. The highest BCUT2D eigenvalue weighted by atomic mass is 35.5. The van der Waals surface area contributed by atoms with Crippen molar-refractivity contribution in [2.75, 3.05) is 23.7 Å². The molecule has 0 bridgehead atoms. The van der Waals surface area contributed by atoms with Crippen LogP contribution < -0.4 is 16.4 Å². The molecule has 1 spiro atoms. The van der Waals surface area contributed by atoms with E-state index in [2.05, 4.69) is 43.5 Å². The molecule has 2 aliphatic rings. The van der Waals surface area contributed by atoms with Gasteiger partial charge in [0.05, 0.1) is 10.7 Å². The molecule has 1 unspecified atom stereocenters. The molecule has 8 heteroatoms. The summed E-state index contributed by atoms with van der Waals surface area (Å²) in [4.78, 5) is 16.1. The smallest absolute Gasteiger partial charge is 0.211 e. The molecule has 6 rings (SSSR count). The Hall–Kier alpha value is -3.16. The lowest BCUT2D eigenvalue weighted by Crippen LogP contribution is -2.45. The molecular formula is C25H26ClN7. The summed E-state index contributed by atoms with van der Waals surface area (Å²) < 4.78 is 2.05. The number of nitrogen functional groups attached to an aromatic ring is 1. The molecule has 3 aromatic heterocycles. The quantitative estimate of drug-likeness (QED) is 0.466. The Morgan fingerprint density at radius 1 is 1.09 bits per heavy atom. The molecule has 1 saturated heterocycles. The Morgan fingerprint density at radius 3 is 2.67 bits per heavy atom. The highest BCUT2D eigenvalue weighted by Gasteiger charge is 2.46. The predicted octanol–water partition coefficient (Wildman–Crippen LogP) is 4.18. The Balaban J connectivity index is 1.34. The molecule has 1 atom stereocenters. The van der Waals surface area contributed by atoms with E-state index in [1.54, 1.807) is 12.4 Å². The van der Waals surface area contributed by atoms with Crippen molar-refractivity contribution in [3.05, 3.63) is 70.8 Å². The van der Waals surface area contributed by atoms with Crippen LogP contribution in [0.2, 0.25) is 5.02 Å². The van der Waals surface area contributed by atoms with Crippen LogP contribution in [0.15, 0.2) is 48.9 Å². The van der Waals surface area contributed by atoms with Gasteiger partial charge in [0.25, 0.3) is 0 Å². The second kappa shape index (κ2) is 7.43. The molecule has 4 N–H and O–H groups in total. The summed E-state index contributed by atoms with van der Waals surface area (Å²) in [5, 5.41) is 0.426. The first-order valence-electron chi connectivity index (χ1n) is 11.3. The van der Waals surface area contributed by atoms with Gasteiger partial charge >= 0.3 is 0 Å². The van der Waals surface area contributed by atoms with Crippen molar-refractivity contribution < 1.29 is 0 Å². The van der Waals surface area contributed by atoms with E-state index in [1.165, 1.54) is 11.1 Å². The molecule has 1 fully saturated rings. The highest BCUT2D eigenvalue weighted by molar-refractivity contribution is 6.35. The molecule has 1 aliphatic carbocycles. The minimum atomic E-state index is 0.0977. The number of anilines is 2. The van der Waals surface area contributed by atoms with Crippen LogP contribution in [0, 0.1) is 12.3 Å². The molecule has 1 aromatic carbocycles. The average Bonchev–Trinajstić information content (AvgIpc) is 3.40. The van der Waals surface area contributed by atoms with E-state index < -0.39 is 0 Å². The van der Waals surface area contributed by atoms with Crippen molar-refractivity contribution in [2.45, 2.75) is 32.2 Å². The third kappa shape index (κ3) is 3.03. The molecule has 168 valence electrons. The molecule has 4 aromatic rings. The van der Waals surface area contributed by atoms with Crippen LogP contribution in [0.1, 0.15) is 35.7 Å². The number of rotatable bonds is 2. The van der Waals surface area contributed by atoms with Crippen molar-refractivity contribution in [1.82, 2.24) is 19.4 Å². The van der Waals surface area contributed by atoms with Gasteiger partial charge in [0.15, 0.2) is 0 Å². The summed E-state index contributed by atoms with van der Waals surface area (Å²) >= 11 is 6.50. The zero-order chi connectivity index (χ0) is 22.7. The van der Waals surface area contributed by atoms with Crippen LogP contribution in [-0.2, 0) is 6.42 Å². The second-order valence-electron chi connectivity index (χ2n) is 9.25. The van der Waals surface area contributed by atoms with Gasteiger partial charge in [-0.05, 0) is 48.8 Å². The molecule has 7 nitrogen and oxygen atoms in total. The molecule has 33 heavy (non-hydrogen) atoms. The van der Waals surface area contributed by atoms with Crippen LogP contribution in [0.3, 0.4) is 0 Å². The normalized spacial score (nSPS) is 19.4. The van der Waals surface area contributed by atoms with Gasteiger partial charge in [-0.25, -0.2) is 15.0 Å². The SMILES string of the molecule is Cc1nc(N2CCC3(CC2)Cc2ccccc2C3N)n2ccnc2c1-c1ccnc(N)c1Cl. The van der Waals surface area contributed by atoms with Crippen molar-refractivity contribution in [3.8, 4) is 11.1 Å². The number of hydrogen-bond donors (Lipinski definition) is 2. The van der Waals surface area contributed by atoms with Crippen LogP contribution in [-0.4, -0.2) is 32.4 Å². The van der Waals surface area contributed by atoms with E-state index in [1.807, 2.05) is 19.2 Å². The molecule has 0 radical (unpaired) electrons. The Labute approximate surface area is 197 Å². The maximum atomic E-state index is 6.77. The van der Waals surface area contributed by atoms with Gasteiger partial charge in [-0.2, -0.15) is 0 Å². The number of aromatic nitrogens is 4. The minimum Gasteiger partial charge on any atom is -0.382 e. The third-order valence-electron chi connectivity index (χ3n) is 7.53. The van der Waals surface area contributed by atoms with Gasteiger partial charge in [-0.1, -0.05) is 35.9 Å². The van der Waals surface area contributed by atoms with E-state index in [0.717, 1.165) is 60.8 Å². The average molecular weight is 460 g/mol. The fourth-order valence-electron chi connectivity index (χ4n) is 5.72. The number of imidazole rings is 1. The zero-order valence-electron chi connectivity index (χ0n) is 18.5. The third-order valence-corrected chi connectivity index (χ3v) is 7.93. The number of aryl methyl sites for hydroxylation is 1. The fourth-order valence-corrected chi connectivity index (χ4v) is 5.93. The number of nitrogens with zero attached hydrogens (tertiary/aromatic N) is 5. The van der Waals surface area contributed by atoms with Crippen LogP contribution in [0.4, 0.5) is 11.8 Å². The number of hydrogen-bond acceptors (Lipinski definition) is 6. The highest BCUT2D eigenvalue weighted by Crippen LogP contribution is 2.51.